The Morgan fingerprint density at radius 3 is 2.04 bits per heavy atom. The molecule has 10 rings (SSSR count). The van der Waals surface area contributed by atoms with Gasteiger partial charge in [0.25, 0.3) is 0 Å². The SMILES string of the molecule is CC[C@@H]1C[C@@H]2C[C@H](C)CC(c3ccc(-c4ccccc4-c4nc(-c5ccccc5)nc(-c5ccc(-c6ccc7oc8c(C#N)cccc8c7c6)cc5)n4)cc3)(C1)C2. The molecule has 0 spiro atoms. The third kappa shape index (κ3) is 6.40. The molecule has 2 bridgehead atoms. The van der Waals surface area contributed by atoms with Crippen LogP contribution in [-0.2, 0) is 5.41 Å². The molecule has 57 heavy (non-hydrogen) atoms. The molecular formula is C52H44N4O. The van der Waals surface area contributed by atoms with Gasteiger partial charge in [-0.3, -0.25) is 0 Å². The average molecular weight is 741 g/mol. The normalized spacial score (nSPS) is 20.4. The lowest BCUT2D eigenvalue weighted by atomic mass is 9.54. The fourth-order valence-corrected chi connectivity index (χ4v) is 10.3. The maximum Gasteiger partial charge on any atom is 0.164 e. The van der Waals surface area contributed by atoms with Crippen molar-refractivity contribution in [1.82, 2.24) is 15.0 Å². The van der Waals surface area contributed by atoms with Crippen LogP contribution < -0.4 is 0 Å². The van der Waals surface area contributed by atoms with E-state index in [1.165, 1.54) is 49.7 Å². The zero-order valence-electron chi connectivity index (χ0n) is 32.5. The topological polar surface area (TPSA) is 75.6 Å². The Morgan fingerprint density at radius 1 is 0.614 bits per heavy atom. The summed E-state index contributed by atoms with van der Waals surface area (Å²) in [4.78, 5) is 15.3. The predicted octanol–water partition coefficient (Wildman–Crippen LogP) is 13.5. The minimum Gasteiger partial charge on any atom is -0.455 e. The first-order chi connectivity index (χ1) is 28.0. The average Bonchev–Trinajstić information content (AvgIpc) is 3.64. The van der Waals surface area contributed by atoms with Gasteiger partial charge in [0.1, 0.15) is 11.7 Å². The van der Waals surface area contributed by atoms with Crippen LogP contribution in [0.15, 0.2) is 144 Å². The van der Waals surface area contributed by atoms with Crippen molar-refractivity contribution in [2.75, 3.05) is 0 Å². The number of hydrogen-bond donors (Lipinski definition) is 0. The summed E-state index contributed by atoms with van der Waals surface area (Å²) in [6.07, 6.45) is 8.03. The maximum absolute atomic E-state index is 9.61. The number of hydrogen-bond acceptors (Lipinski definition) is 5. The van der Waals surface area contributed by atoms with Gasteiger partial charge in [-0.25, -0.2) is 15.0 Å². The number of para-hydroxylation sites is 1. The van der Waals surface area contributed by atoms with E-state index in [1.54, 1.807) is 6.07 Å². The molecule has 4 atom stereocenters. The molecule has 2 heterocycles. The van der Waals surface area contributed by atoms with E-state index in [0.717, 1.165) is 67.5 Å². The highest BCUT2D eigenvalue weighted by atomic mass is 16.3. The van der Waals surface area contributed by atoms with E-state index in [2.05, 4.69) is 117 Å². The second kappa shape index (κ2) is 14.3. The Kier molecular flexibility index (Phi) is 8.79. The molecule has 6 aromatic carbocycles. The van der Waals surface area contributed by atoms with Gasteiger partial charge in [0.2, 0.25) is 0 Å². The fourth-order valence-electron chi connectivity index (χ4n) is 10.3. The van der Waals surface area contributed by atoms with Crippen molar-refractivity contribution in [2.24, 2.45) is 17.8 Å². The number of nitrogens with zero attached hydrogens (tertiary/aromatic N) is 4. The van der Waals surface area contributed by atoms with Gasteiger partial charge in [-0.2, -0.15) is 5.26 Å². The van der Waals surface area contributed by atoms with Crippen molar-refractivity contribution in [2.45, 2.75) is 57.8 Å². The van der Waals surface area contributed by atoms with Crippen LogP contribution >= 0.6 is 0 Å². The Bertz CT molecular complexity index is 2790. The Balaban J connectivity index is 1.01. The largest absolute Gasteiger partial charge is 0.455 e. The Hall–Kier alpha value is -6.38. The van der Waals surface area contributed by atoms with Gasteiger partial charge in [-0.15, -0.1) is 0 Å². The van der Waals surface area contributed by atoms with E-state index in [0.29, 0.717) is 34.0 Å². The summed E-state index contributed by atoms with van der Waals surface area (Å²) in [6, 6.07) is 50.7. The van der Waals surface area contributed by atoms with Crippen molar-refractivity contribution in [3.63, 3.8) is 0 Å². The molecule has 2 aromatic heterocycles. The summed E-state index contributed by atoms with van der Waals surface area (Å²) in [5.74, 6) is 4.38. The standard InChI is InChI=1S/C52H44N4O/c1-3-34-27-35-26-33(2)29-52(30-34,31-35)42-23-20-37(21-24-42)43-13-7-8-14-45(43)51-55-49(38-10-5-4-6-11-38)54-50(56-51)39-18-16-36(17-19-39)40-22-25-47-46(28-40)44-15-9-12-41(32-53)48(44)57-47/h4-25,28,33-35H,3,26-27,29-31H2,1-2H3/t33-,34+,35-,52?/m0/s1. The van der Waals surface area contributed by atoms with Crippen LogP contribution in [0.5, 0.6) is 0 Å². The summed E-state index contributed by atoms with van der Waals surface area (Å²) in [5, 5.41) is 11.5. The quantitative estimate of drug-likeness (QED) is 0.163. The van der Waals surface area contributed by atoms with Crippen LogP contribution in [0.3, 0.4) is 0 Å². The number of furan rings is 1. The van der Waals surface area contributed by atoms with Gasteiger partial charge in [0.15, 0.2) is 23.1 Å². The zero-order valence-corrected chi connectivity index (χ0v) is 32.5. The first-order valence-corrected chi connectivity index (χ1v) is 20.4. The molecule has 5 heteroatoms. The molecule has 2 aliphatic rings. The molecule has 278 valence electrons. The minimum atomic E-state index is 0.297. The van der Waals surface area contributed by atoms with Gasteiger partial charge in [-0.1, -0.05) is 142 Å². The number of rotatable bonds is 7. The molecule has 0 N–H and O–H groups in total. The second-order valence-electron chi connectivity index (χ2n) is 16.6. The molecule has 1 unspecified atom stereocenters. The van der Waals surface area contributed by atoms with Crippen LogP contribution in [0.2, 0.25) is 0 Å². The minimum absolute atomic E-state index is 0.297. The van der Waals surface area contributed by atoms with Crippen molar-refractivity contribution in [1.29, 1.82) is 5.26 Å². The lowest BCUT2D eigenvalue weighted by Gasteiger charge is -2.51. The molecule has 0 amide bonds. The van der Waals surface area contributed by atoms with Crippen molar-refractivity contribution in [3.8, 4) is 62.5 Å². The molecule has 2 fully saturated rings. The van der Waals surface area contributed by atoms with E-state index >= 15 is 0 Å². The molecule has 0 radical (unpaired) electrons. The third-order valence-electron chi connectivity index (χ3n) is 12.8. The summed E-state index contributed by atoms with van der Waals surface area (Å²) in [7, 11) is 0. The van der Waals surface area contributed by atoms with Crippen LogP contribution in [-0.4, -0.2) is 15.0 Å². The van der Waals surface area contributed by atoms with E-state index in [-0.39, 0.29) is 0 Å². The van der Waals surface area contributed by atoms with Crippen molar-refractivity contribution >= 4 is 21.9 Å². The lowest BCUT2D eigenvalue weighted by molar-refractivity contribution is 0.0702. The Labute approximate surface area is 334 Å². The van der Waals surface area contributed by atoms with Crippen LogP contribution in [0.1, 0.15) is 63.5 Å². The van der Waals surface area contributed by atoms with Gasteiger partial charge < -0.3 is 4.42 Å². The molecule has 2 saturated carbocycles. The number of benzene rings is 6. The van der Waals surface area contributed by atoms with Crippen LogP contribution in [0.25, 0.3) is 78.4 Å². The molecule has 0 saturated heterocycles. The highest BCUT2D eigenvalue weighted by Gasteiger charge is 2.45. The lowest BCUT2D eigenvalue weighted by Crippen LogP contribution is -2.42. The summed E-state index contributed by atoms with van der Waals surface area (Å²) in [5.41, 5.74) is 11.0. The number of nitriles is 1. The first kappa shape index (κ1) is 35.1. The smallest absolute Gasteiger partial charge is 0.164 e. The summed E-state index contributed by atoms with van der Waals surface area (Å²) < 4.78 is 6.08. The molecule has 0 aliphatic heterocycles. The molecule has 5 nitrogen and oxygen atoms in total. The van der Waals surface area contributed by atoms with E-state index in [1.807, 2.05) is 36.4 Å². The van der Waals surface area contributed by atoms with Crippen molar-refractivity contribution in [3.05, 3.63) is 151 Å². The van der Waals surface area contributed by atoms with E-state index in [4.69, 9.17) is 19.4 Å². The molecule has 8 aromatic rings. The molecular weight excluding hydrogens is 697 g/mol. The van der Waals surface area contributed by atoms with Crippen molar-refractivity contribution < 1.29 is 4.42 Å². The predicted molar refractivity (Wildman–Crippen MR) is 230 cm³/mol. The summed E-state index contributed by atoms with van der Waals surface area (Å²) in [6.45, 7) is 4.85. The monoisotopic (exact) mass is 740 g/mol. The Morgan fingerprint density at radius 2 is 1.28 bits per heavy atom. The maximum atomic E-state index is 9.61. The zero-order chi connectivity index (χ0) is 38.5. The second-order valence-corrected chi connectivity index (χ2v) is 16.6. The van der Waals surface area contributed by atoms with Crippen LogP contribution in [0, 0.1) is 29.1 Å². The van der Waals surface area contributed by atoms with E-state index in [9.17, 15) is 5.26 Å². The number of fused-ring (bicyclic) bond motifs is 5. The highest BCUT2D eigenvalue weighted by molar-refractivity contribution is 6.07. The highest BCUT2D eigenvalue weighted by Crippen LogP contribution is 2.55. The molecule has 2 aliphatic carbocycles. The van der Waals surface area contributed by atoms with E-state index < -0.39 is 0 Å². The fraction of sp³-hybridized carbons (Fsp3) is 0.231. The van der Waals surface area contributed by atoms with Gasteiger partial charge in [0.05, 0.1) is 5.56 Å². The van der Waals surface area contributed by atoms with Gasteiger partial charge in [-0.05, 0) is 101 Å². The number of aromatic nitrogens is 3. The van der Waals surface area contributed by atoms with Crippen LogP contribution in [0.4, 0.5) is 0 Å². The van der Waals surface area contributed by atoms with Gasteiger partial charge >= 0.3 is 0 Å². The third-order valence-corrected chi connectivity index (χ3v) is 12.8. The summed E-state index contributed by atoms with van der Waals surface area (Å²) >= 11 is 0. The van der Waals surface area contributed by atoms with Gasteiger partial charge in [0, 0.05) is 27.5 Å². The first-order valence-electron chi connectivity index (χ1n) is 20.4.